The standard InChI is InChI=1S/C19H22F2N2O.2ClH/c20-19(21)18(23-12-10-22-11-13-23)16-6-8-17(9-7-16)24-14-15-4-2-1-3-5-15;;/h1-9,18-19,22H,10-14H2;2*1H/t18-;;/m0../s1. The molecule has 1 saturated heterocycles. The molecule has 2 aromatic rings. The molecule has 1 atom stereocenters. The number of rotatable bonds is 6. The number of nitrogens with one attached hydrogen (secondary N) is 1. The summed E-state index contributed by atoms with van der Waals surface area (Å²) in [6.07, 6.45) is -2.40. The molecule has 0 amide bonds. The first-order chi connectivity index (χ1) is 11.7. The summed E-state index contributed by atoms with van der Waals surface area (Å²) in [5, 5.41) is 3.19. The highest BCUT2D eigenvalue weighted by atomic mass is 35.5. The second-order valence-electron chi connectivity index (χ2n) is 5.91. The van der Waals surface area contributed by atoms with Gasteiger partial charge in [0.15, 0.2) is 0 Å². The van der Waals surface area contributed by atoms with E-state index in [0.717, 1.165) is 18.7 Å². The molecule has 0 aliphatic carbocycles. The zero-order valence-corrected chi connectivity index (χ0v) is 15.9. The predicted octanol–water partition coefficient (Wildman–Crippen LogP) is 4.32. The van der Waals surface area contributed by atoms with Gasteiger partial charge in [-0.3, -0.25) is 4.90 Å². The summed E-state index contributed by atoms with van der Waals surface area (Å²) in [4.78, 5) is 1.85. The molecule has 144 valence electrons. The van der Waals surface area contributed by atoms with Crippen LogP contribution in [0.5, 0.6) is 5.75 Å². The van der Waals surface area contributed by atoms with Gasteiger partial charge in [-0.05, 0) is 23.3 Å². The molecule has 1 aliphatic rings. The number of nitrogens with zero attached hydrogens (tertiary/aromatic N) is 1. The molecular formula is C19H24Cl2F2N2O. The number of hydrogen-bond donors (Lipinski definition) is 1. The summed E-state index contributed by atoms with van der Waals surface area (Å²) >= 11 is 0. The van der Waals surface area contributed by atoms with Crippen molar-refractivity contribution in [3.8, 4) is 5.75 Å². The first-order valence-corrected chi connectivity index (χ1v) is 8.23. The second kappa shape index (κ2) is 11.3. The number of piperazine rings is 1. The van der Waals surface area contributed by atoms with Gasteiger partial charge in [0.1, 0.15) is 12.4 Å². The van der Waals surface area contributed by atoms with Gasteiger partial charge in [-0.1, -0.05) is 42.5 Å². The minimum atomic E-state index is -2.40. The van der Waals surface area contributed by atoms with Gasteiger partial charge in [-0.2, -0.15) is 0 Å². The number of halogens is 4. The Kier molecular flexibility index (Phi) is 9.88. The molecular weight excluding hydrogens is 381 g/mol. The highest BCUT2D eigenvalue weighted by molar-refractivity contribution is 5.85. The number of ether oxygens (including phenoxy) is 1. The lowest BCUT2D eigenvalue weighted by molar-refractivity contribution is 0.0181. The Morgan fingerprint density at radius 2 is 1.54 bits per heavy atom. The third kappa shape index (κ3) is 6.09. The zero-order valence-electron chi connectivity index (χ0n) is 14.3. The van der Waals surface area contributed by atoms with E-state index in [1.54, 1.807) is 24.3 Å². The van der Waals surface area contributed by atoms with Crippen LogP contribution >= 0.6 is 24.8 Å². The summed E-state index contributed by atoms with van der Waals surface area (Å²) in [6, 6.07) is 16.1. The van der Waals surface area contributed by atoms with Crippen LogP contribution in [0, 0.1) is 0 Å². The largest absolute Gasteiger partial charge is 0.489 e. The maximum absolute atomic E-state index is 13.5. The molecule has 1 fully saturated rings. The minimum Gasteiger partial charge on any atom is -0.489 e. The molecule has 3 rings (SSSR count). The van der Waals surface area contributed by atoms with E-state index in [9.17, 15) is 8.78 Å². The third-order valence-corrected chi connectivity index (χ3v) is 4.25. The van der Waals surface area contributed by atoms with Gasteiger partial charge in [-0.15, -0.1) is 24.8 Å². The Hall–Kier alpha value is -1.40. The highest BCUT2D eigenvalue weighted by Gasteiger charge is 2.29. The van der Waals surface area contributed by atoms with E-state index in [0.29, 0.717) is 31.0 Å². The summed E-state index contributed by atoms with van der Waals surface area (Å²) in [7, 11) is 0. The predicted molar refractivity (Wildman–Crippen MR) is 105 cm³/mol. The number of alkyl halides is 2. The van der Waals surface area contributed by atoms with Crippen molar-refractivity contribution in [1.82, 2.24) is 10.2 Å². The lowest BCUT2D eigenvalue weighted by Gasteiger charge is -2.34. The molecule has 0 unspecified atom stereocenters. The van der Waals surface area contributed by atoms with Gasteiger partial charge in [0, 0.05) is 26.2 Å². The molecule has 1 aliphatic heterocycles. The molecule has 1 N–H and O–H groups in total. The Morgan fingerprint density at radius 1 is 0.923 bits per heavy atom. The Bertz CT molecular complexity index is 623. The van der Waals surface area contributed by atoms with Crippen LogP contribution in [0.2, 0.25) is 0 Å². The molecule has 26 heavy (non-hydrogen) atoms. The Morgan fingerprint density at radius 3 is 2.12 bits per heavy atom. The first-order valence-electron chi connectivity index (χ1n) is 8.23. The lowest BCUT2D eigenvalue weighted by atomic mass is 10.0. The fourth-order valence-electron chi connectivity index (χ4n) is 2.98. The lowest BCUT2D eigenvalue weighted by Crippen LogP contribution is -2.46. The SMILES string of the molecule is Cl.Cl.FC(F)[C@H](c1ccc(OCc2ccccc2)cc1)N1CCNCC1. The third-order valence-electron chi connectivity index (χ3n) is 4.25. The van der Waals surface area contributed by atoms with Crippen LogP contribution in [-0.4, -0.2) is 37.5 Å². The number of hydrogen-bond acceptors (Lipinski definition) is 3. The van der Waals surface area contributed by atoms with E-state index in [4.69, 9.17) is 4.74 Å². The molecule has 1 heterocycles. The molecule has 0 spiro atoms. The van der Waals surface area contributed by atoms with Crippen molar-refractivity contribution in [3.05, 3.63) is 65.7 Å². The van der Waals surface area contributed by atoms with E-state index < -0.39 is 12.5 Å². The van der Waals surface area contributed by atoms with Crippen molar-refractivity contribution in [1.29, 1.82) is 0 Å². The molecule has 2 aromatic carbocycles. The molecule has 3 nitrogen and oxygen atoms in total. The topological polar surface area (TPSA) is 24.5 Å². The van der Waals surface area contributed by atoms with E-state index >= 15 is 0 Å². The highest BCUT2D eigenvalue weighted by Crippen LogP contribution is 2.29. The fraction of sp³-hybridized carbons (Fsp3) is 0.368. The zero-order chi connectivity index (χ0) is 16.8. The fourth-order valence-corrected chi connectivity index (χ4v) is 2.98. The normalized spacial score (nSPS) is 15.7. The van der Waals surface area contributed by atoms with Crippen LogP contribution in [0.1, 0.15) is 17.2 Å². The molecule has 7 heteroatoms. The molecule has 0 radical (unpaired) electrons. The maximum atomic E-state index is 13.5. The van der Waals surface area contributed by atoms with Crippen LogP contribution in [-0.2, 0) is 6.61 Å². The molecule has 0 saturated carbocycles. The van der Waals surface area contributed by atoms with E-state index in [1.807, 2.05) is 35.2 Å². The number of benzene rings is 2. The van der Waals surface area contributed by atoms with Gasteiger partial charge in [-0.25, -0.2) is 8.78 Å². The van der Waals surface area contributed by atoms with Crippen molar-refractivity contribution < 1.29 is 13.5 Å². The van der Waals surface area contributed by atoms with Crippen LogP contribution < -0.4 is 10.1 Å². The Labute approximate surface area is 165 Å². The van der Waals surface area contributed by atoms with E-state index in [2.05, 4.69) is 5.32 Å². The van der Waals surface area contributed by atoms with Gasteiger partial charge in [0.05, 0.1) is 6.04 Å². The van der Waals surface area contributed by atoms with Crippen molar-refractivity contribution in [2.45, 2.75) is 19.1 Å². The van der Waals surface area contributed by atoms with Gasteiger partial charge in [0.25, 0.3) is 6.43 Å². The maximum Gasteiger partial charge on any atom is 0.258 e. The van der Waals surface area contributed by atoms with Crippen molar-refractivity contribution in [3.63, 3.8) is 0 Å². The van der Waals surface area contributed by atoms with Crippen LogP contribution in [0.4, 0.5) is 8.78 Å². The van der Waals surface area contributed by atoms with Crippen molar-refractivity contribution >= 4 is 24.8 Å². The van der Waals surface area contributed by atoms with Crippen LogP contribution in [0.15, 0.2) is 54.6 Å². The quantitative estimate of drug-likeness (QED) is 0.775. The summed E-state index contributed by atoms with van der Waals surface area (Å²) in [6.45, 7) is 3.25. The summed E-state index contributed by atoms with van der Waals surface area (Å²) in [5.41, 5.74) is 1.71. The van der Waals surface area contributed by atoms with E-state index in [-0.39, 0.29) is 24.8 Å². The summed E-state index contributed by atoms with van der Waals surface area (Å²) in [5.74, 6) is 0.691. The summed E-state index contributed by atoms with van der Waals surface area (Å²) < 4.78 is 32.8. The average molecular weight is 405 g/mol. The van der Waals surface area contributed by atoms with Gasteiger partial charge in [0.2, 0.25) is 0 Å². The van der Waals surface area contributed by atoms with Gasteiger partial charge >= 0.3 is 0 Å². The van der Waals surface area contributed by atoms with Crippen LogP contribution in [0.3, 0.4) is 0 Å². The van der Waals surface area contributed by atoms with Crippen molar-refractivity contribution in [2.24, 2.45) is 0 Å². The smallest absolute Gasteiger partial charge is 0.258 e. The average Bonchev–Trinajstić information content (AvgIpc) is 2.63. The Balaban J connectivity index is 0.00000169. The second-order valence-corrected chi connectivity index (χ2v) is 5.91. The molecule has 0 aromatic heterocycles. The minimum absolute atomic E-state index is 0. The van der Waals surface area contributed by atoms with Gasteiger partial charge < -0.3 is 10.1 Å². The van der Waals surface area contributed by atoms with Crippen molar-refractivity contribution in [2.75, 3.05) is 26.2 Å². The first kappa shape index (κ1) is 22.6. The molecule has 0 bridgehead atoms. The van der Waals surface area contributed by atoms with Crippen LogP contribution in [0.25, 0.3) is 0 Å². The van der Waals surface area contributed by atoms with E-state index in [1.165, 1.54) is 0 Å². The monoisotopic (exact) mass is 404 g/mol.